The van der Waals surface area contributed by atoms with Gasteiger partial charge >= 0.3 is 12.0 Å². The van der Waals surface area contributed by atoms with Crippen molar-refractivity contribution in [2.75, 3.05) is 25.1 Å². The van der Waals surface area contributed by atoms with Crippen molar-refractivity contribution in [1.29, 1.82) is 0 Å². The predicted molar refractivity (Wildman–Crippen MR) is 119 cm³/mol. The number of imide groups is 1. The summed E-state index contributed by atoms with van der Waals surface area (Å²) < 4.78 is 10.7. The van der Waals surface area contributed by atoms with Crippen LogP contribution in [0.1, 0.15) is 18.1 Å². The number of carbonyl (C=O) groups is 4. The zero-order valence-corrected chi connectivity index (χ0v) is 18.1. The SMILES string of the molecule is CCOc1cc(/C=C2/NC(=O)N(CC(=O)Nc3cccc(C)c3)C2=O)ccc1OCC(=O)O. The van der Waals surface area contributed by atoms with E-state index in [0.717, 1.165) is 10.5 Å². The van der Waals surface area contributed by atoms with Crippen molar-refractivity contribution in [3.8, 4) is 11.5 Å². The summed E-state index contributed by atoms with van der Waals surface area (Å²) in [6.45, 7) is 2.97. The molecular formula is C23H23N3O7. The highest BCUT2D eigenvalue weighted by Gasteiger charge is 2.35. The smallest absolute Gasteiger partial charge is 0.341 e. The number of amides is 4. The average molecular weight is 453 g/mol. The van der Waals surface area contributed by atoms with E-state index in [4.69, 9.17) is 14.6 Å². The molecule has 0 saturated carbocycles. The first-order valence-corrected chi connectivity index (χ1v) is 10.1. The summed E-state index contributed by atoms with van der Waals surface area (Å²) in [6.07, 6.45) is 1.43. The van der Waals surface area contributed by atoms with E-state index in [0.29, 0.717) is 23.6 Å². The number of aryl methyl sites for hydroxylation is 1. The van der Waals surface area contributed by atoms with Crippen molar-refractivity contribution in [3.05, 3.63) is 59.3 Å². The van der Waals surface area contributed by atoms with Crippen LogP contribution in [0, 0.1) is 6.92 Å². The molecule has 1 saturated heterocycles. The van der Waals surface area contributed by atoms with Crippen LogP contribution in [0.2, 0.25) is 0 Å². The molecule has 0 aromatic heterocycles. The van der Waals surface area contributed by atoms with Crippen molar-refractivity contribution >= 4 is 35.6 Å². The number of rotatable bonds is 9. The van der Waals surface area contributed by atoms with E-state index < -0.39 is 37.0 Å². The Morgan fingerprint density at radius 1 is 1.12 bits per heavy atom. The fourth-order valence-corrected chi connectivity index (χ4v) is 3.09. The Bertz CT molecular complexity index is 1130. The van der Waals surface area contributed by atoms with Gasteiger partial charge in [-0.3, -0.25) is 9.59 Å². The van der Waals surface area contributed by atoms with Crippen LogP contribution in [0.25, 0.3) is 6.08 Å². The lowest BCUT2D eigenvalue weighted by molar-refractivity contribution is -0.139. The van der Waals surface area contributed by atoms with Gasteiger partial charge in [-0.25, -0.2) is 14.5 Å². The molecule has 3 N–H and O–H groups in total. The van der Waals surface area contributed by atoms with Crippen molar-refractivity contribution < 1.29 is 33.8 Å². The van der Waals surface area contributed by atoms with Gasteiger partial charge in [0, 0.05) is 5.69 Å². The Labute approximate surface area is 189 Å². The highest BCUT2D eigenvalue weighted by molar-refractivity contribution is 6.16. The van der Waals surface area contributed by atoms with Crippen LogP contribution in [0.4, 0.5) is 10.5 Å². The van der Waals surface area contributed by atoms with Crippen LogP contribution in [0.3, 0.4) is 0 Å². The highest BCUT2D eigenvalue weighted by Crippen LogP contribution is 2.29. The van der Waals surface area contributed by atoms with Gasteiger partial charge in [0.2, 0.25) is 5.91 Å². The zero-order valence-electron chi connectivity index (χ0n) is 18.1. The Morgan fingerprint density at radius 2 is 1.91 bits per heavy atom. The van der Waals surface area contributed by atoms with E-state index in [2.05, 4.69) is 10.6 Å². The number of benzene rings is 2. The highest BCUT2D eigenvalue weighted by atomic mass is 16.5. The van der Waals surface area contributed by atoms with Crippen molar-refractivity contribution in [1.82, 2.24) is 10.2 Å². The second-order valence-electron chi connectivity index (χ2n) is 7.12. The first kappa shape index (κ1) is 23.3. The van der Waals surface area contributed by atoms with E-state index in [9.17, 15) is 19.2 Å². The fourth-order valence-electron chi connectivity index (χ4n) is 3.09. The van der Waals surface area contributed by atoms with Gasteiger partial charge in [-0.05, 0) is 55.3 Å². The molecule has 172 valence electrons. The number of aliphatic carboxylic acids is 1. The number of urea groups is 1. The second-order valence-corrected chi connectivity index (χ2v) is 7.12. The fraction of sp³-hybridized carbons (Fsp3) is 0.217. The molecule has 0 bridgehead atoms. The molecule has 4 amide bonds. The minimum atomic E-state index is -1.13. The molecule has 33 heavy (non-hydrogen) atoms. The molecule has 1 aliphatic rings. The molecule has 0 spiro atoms. The maximum absolute atomic E-state index is 12.7. The molecule has 3 rings (SSSR count). The number of anilines is 1. The zero-order chi connectivity index (χ0) is 24.0. The van der Waals surface area contributed by atoms with E-state index in [-0.39, 0.29) is 11.4 Å². The van der Waals surface area contributed by atoms with Gasteiger partial charge in [0.15, 0.2) is 18.1 Å². The number of carbonyl (C=O) groups excluding carboxylic acids is 3. The second kappa shape index (κ2) is 10.3. The molecule has 1 aliphatic heterocycles. The third kappa shape index (κ3) is 6.10. The first-order chi connectivity index (χ1) is 15.8. The van der Waals surface area contributed by atoms with Gasteiger partial charge in [0.25, 0.3) is 5.91 Å². The van der Waals surface area contributed by atoms with Gasteiger partial charge < -0.3 is 25.2 Å². The standard InChI is InChI=1S/C23H23N3O7/c1-3-32-19-11-15(7-8-18(19)33-13-21(28)29)10-17-22(30)26(23(31)25-17)12-20(27)24-16-6-4-5-14(2)9-16/h4-11H,3,12-13H2,1-2H3,(H,24,27)(H,25,31)(H,28,29)/b17-10+. The number of carboxylic acid groups (broad SMARTS) is 1. The molecule has 2 aromatic carbocycles. The van der Waals surface area contributed by atoms with Crippen molar-refractivity contribution in [2.24, 2.45) is 0 Å². The van der Waals surface area contributed by atoms with Crippen LogP contribution in [0.5, 0.6) is 11.5 Å². The molecule has 0 radical (unpaired) electrons. The number of carboxylic acids is 1. The normalized spacial score (nSPS) is 14.2. The minimum Gasteiger partial charge on any atom is -0.490 e. The Kier molecular flexibility index (Phi) is 7.29. The number of ether oxygens (including phenoxy) is 2. The third-order valence-corrected chi connectivity index (χ3v) is 4.50. The Balaban J connectivity index is 1.72. The van der Waals surface area contributed by atoms with Gasteiger partial charge in [-0.2, -0.15) is 0 Å². The average Bonchev–Trinajstić information content (AvgIpc) is 3.00. The van der Waals surface area contributed by atoms with Crippen LogP contribution in [-0.2, 0) is 14.4 Å². The van der Waals surface area contributed by atoms with E-state index in [1.54, 1.807) is 37.3 Å². The molecule has 1 heterocycles. The van der Waals surface area contributed by atoms with Crippen molar-refractivity contribution in [3.63, 3.8) is 0 Å². The number of hydrogen-bond acceptors (Lipinski definition) is 6. The maximum atomic E-state index is 12.7. The van der Waals surface area contributed by atoms with Gasteiger partial charge in [-0.1, -0.05) is 18.2 Å². The minimum absolute atomic E-state index is 0.00925. The summed E-state index contributed by atoms with van der Waals surface area (Å²) in [6, 6.07) is 11.1. The quantitative estimate of drug-likeness (QED) is 0.392. The molecule has 0 unspecified atom stereocenters. The lowest BCUT2D eigenvalue weighted by atomic mass is 10.1. The Hall–Kier alpha value is -4.34. The van der Waals surface area contributed by atoms with E-state index >= 15 is 0 Å². The molecule has 10 heteroatoms. The molecular weight excluding hydrogens is 430 g/mol. The molecule has 10 nitrogen and oxygen atoms in total. The largest absolute Gasteiger partial charge is 0.490 e. The van der Waals surface area contributed by atoms with Crippen molar-refractivity contribution in [2.45, 2.75) is 13.8 Å². The van der Waals surface area contributed by atoms with E-state index in [1.807, 2.05) is 13.0 Å². The summed E-state index contributed by atoms with van der Waals surface area (Å²) in [4.78, 5) is 48.8. The maximum Gasteiger partial charge on any atom is 0.341 e. The lowest BCUT2D eigenvalue weighted by Crippen LogP contribution is -2.38. The summed E-state index contributed by atoms with van der Waals surface area (Å²) >= 11 is 0. The van der Waals surface area contributed by atoms with Crippen LogP contribution < -0.4 is 20.1 Å². The first-order valence-electron chi connectivity index (χ1n) is 10.1. The van der Waals surface area contributed by atoms with Gasteiger partial charge in [-0.15, -0.1) is 0 Å². The number of nitrogens with zero attached hydrogens (tertiary/aromatic N) is 1. The predicted octanol–water partition coefficient (Wildman–Crippen LogP) is 2.39. The van der Waals surface area contributed by atoms with E-state index in [1.165, 1.54) is 12.1 Å². The third-order valence-electron chi connectivity index (χ3n) is 4.50. The van der Waals surface area contributed by atoms with Crippen LogP contribution in [-0.4, -0.2) is 53.6 Å². The lowest BCUT2D eigenvalue weighted by Gasteiger charge is -2.12. The molecule has 2 aromatic rings. The molecule has 0 aliphatic carbocycles. The number of nitrogens with one attached hydrogen (secondary N) is 2. The van der Waals surface area contributed by atoms with Gasteiger partial charge in [0.05, 0.1) is 6.61 Å². The Morgan fingerprint density at radius 3 is 2.61 bits per heavy atom. The van der Waals surface area contributed by atoms with Gasteiger partial charge in [0.1, 0.15) is 12.2 Å². The topological polar surface area (TPSA) is 134 Å². The molecule has 0 atom stereocenters. The monoisotopic (exact) mass is 453 g/mol. The summed E-state index contributed by atoms with van der Waals surface area (Å²) in [7, 11) is 0. The molecule has 1 fully saturated rings. The summed E-state index contributed by atoms with van der Waals surface area (Å²) in [5, 5.41) is 13.9. The van der Waals surface area contributed by atoms with Crippen LogP contribution in [0.15, 0.2) is 48.2 Å². The number of hydrogen-bond donors (Lipinski definition) is 3. The summed E-state index contributed by atoms with van der Waals surface area (Å²) in [5.41, 5.74) is 2.02. The summed E-state index contributed by atoms with van der Waals surface area (Å²) in [5.74, 6) is -1.77. The van der Waals surface area contributed by atoms with Crippen LogP contribution >= 0.6 is 0 Å².